The Labute approximate surface area is 171 Å². The van der Waals surface area contributed by atoms with Crippen molar-refractivity contribution in [3.8, 4) is 0 Å². The van der Waals surface area contributed by atoms with Gasteiger partial charge < -0.3 is 0 Å². The number of aryl methyl sites for hydroxylation is 1. The van der Waals surface area contributed by atoms with Gasteiger partial charge in [0, 0.05) is 0 Å². The lowest BCUT2D eigenvalue weighted by Gasteiger charge is -2.31. The van der Waals surface area contributed by atoms with Gasteiger partial charge in [0.1, 0.15) is 0 Å². The first-order chi connectivity index (χ1) is 12.6. The molecule has 156 valence electrons. The molecule has 0 aliphatic rings. The van der Waals surface area contributed by atoms with E-state index in [1.807, 2.05) is 0 Å². The summed E-state index contributed by atoms with van der Waals surface area (Å²) in [5, 5.41) is 0. The zero-order chi connectivity index (χ0) is 20.5. The zero-order valence-corrected chi connectivity index (χ0v) is 19.9. The summed E-state index contributed by atoms with van der Waals surface area (Å²) in [6, 6.07) is 4.89. The molecule has 1 aromatic rings. The van der Waals surface area contributed by atoms with Crippen molar-refractivity contribution in [2.45, 2.75) is 137 Å². The van der Waals surface area contributed by atoms with Gasteiger partial charge in [-0.25, -0.2) is 0 Å². The standard InChI is InChI=1S/C27H48/c1-9-10-11-12-13-14-15-16-17-18-19-23-24(26(3,4)5)20-22(2)21-25(23)27(6,7)8/h20-21H,9-19H2,1-8H3. The fourth-order valence-corrected chi connectivity index (χ4v) is 4.21. The quantitative estimate of drug-likeness (QED) is 0.340. The molecule has 0 unspecified atom stereocenters. The Morgan fingerprint density at radius 3 is 1.33 bits per heavy atom. The Hall–Kier alpha value is -0.780. The normalized spacial score (nSPS) is 12.6. The summed E-state index contributed by atoms with van der Waals surface area (Å²) >= 11 is 0. The molecule has 0 amide bonds. The van der Waals surface area contributed by atoms with Crippen LogP contribution >= 0.6 is 0 Å². The molecule has 0 N–H and O–H groups in total. The second kappa shape index (κ2) is 11.3. The van der Waals surface area contributed by atoms with Crippen LogP contribution in [-0.2, 0) is 17.3 Å². The number of benzene rings is 1. The molecular formula is C27H48. The number of hydrogen-bond donors (Lipinski definition) is 0. The molecule has 1 aromatic carbocycles. The van der Waals surface area contributed by atoms with E-state index in [1.165, 1.54) is 76.2 Å². The highest BCUT2D eigenvalue weighted by Gasteiger charge is 2.25. The van der Waals surface area contributed by atoms with E-state index in [2.05, 4.69) is 67.5 Å². The molecule has 0 radical (unpaired) electrons. The lowest BCUT2D eigenvalue weighted by Crippen LogP contribution is -2.21. The van der Waals surface area contributed by atoms with Gasteiger partial charge in [0.15, 0.2) is 0 Å². The van der Waals surface area contributed by atoms with Crippen molar-refractivity contribution in [2.75, 3.05) is 0 Å². The van der Waals surface area contributed by atoms with E-state index < -0.39 is 0 Å². The van der Waals surface area contributed by atoms with Gasteiger partial charge in [-0.1, -0.05) is 124 Å². The number of hydrogen-bond acceptors (Lipinski definition) is 0. The van der Waals surface area contributed by atoms with E-state index in [-0.39, 0.29) is 10.8 Å². The molecular weight excluding hydrogens is 324 g/mol. The molecule has 0 atom stereocenters. The fraction of sp³-hybridized carbons (Fsp3) is 0.778. The van der Waals surface area contributed by atoms with Crippen molar-refractivity contribution < 1.29 is 0 Å². The predicted molar refractivity (Wildman–Crippen MR) is 124 cm³/mol. The van der Waals surface area contributed by atoms with Gasteiger partial charge in [-0.15, -0.1) is 0 Å². The SMILES string of the molecule is CCCCCCCCCCCCc1c(C(C)(C)C)cc(C)cc1C(C)(C)C. The molecule has 0 bridgehead atoms. The van der Waals surface area contributed by atoms with Crippen LogP contribution < -0.4 is 0 Å². The molecule has 0 saturated carbocycles. The minimum atomic E-state index is 0.222. The molecule has 0 fully saturated rings. The molecule has 0 heterocycles. The maximum Gasteiger partial charge on any atom is -0.0129 e. The zero-order valence-electron chi connectivity index (χ0n) is 19.9. The third kappa shape index (κ3) is 8.84. The molecule has 0 heteroatoms. The van der Waals surface area contributed by atoms with Crippen molar-refractivity contribution in [1.29, 1.82) is 0 Å². The highest BCUT2D eigenvalue weighted by atomic mass is 14.3. The van der Waals surface area contributed by atoms with Crippen LogP contribution in [0.2, 0.25) is 0 Å². The summed E-state index contributed by atoms with van der Waals surface area (Å²) in [5.74, 6) is 0. The van der Waals surface area contributed by atoms with E-state index in [0.29, 0.717) is 0 Å². The maximum absolute atomic E-state index is 2.45. The van der Waals surface area contributed by atoms with Crippen LogP contribution in [0.4, 0.5) is 0 Å². The molecule has 1 rings (SSSR count). The first-order valence-electron chi connectivity index (χ1n) is 11.7. The van der Waals surface area contributed by atoms with Crippen molar-refractivity contribution in [2.24, 2.45) is 0 Å². The summed E-state index contributed by atoms with van der Waals surface area (Å²) in [4.78, 5) is 0. The maximum atomic E-state index is 2.45. The lowest BCUT2D eigenvalue weighted by atomic mass is 9.74. The molecule has 0 aliphatic heterocycles. The van der Waals surface area contributed by atoms with Gasteiger partial charge >= 0.3 is 0 Å². The van der Waals surface area contributed by atoms with Crippen LogP contribution in [0.15, 0.2) is 12.1 Å². The van der Waals surface area contributed by atoms with E-state index in [4.69, 9.17) is 0 Å². The summed E-state index contributed by atoms with van der Waals surface area (Å²) in [5.41, 5.74) is 6.64. The summed E-state index contributed by atoms with van der Waals surface area (Å²) in [6.45, 7) is 18.8. The van der Waals surface area contributed by atoms with Crippen LogP contribution in [0.5, 0.6) is 0 Å². The molecule has 27 heavy (non-hydrogen) atoms. The highest BCUT2D eigenvalue weighted by Crippen LogP contribution is 2.36. The third-order valence-corrected chi connectivity index (χ3v) is 5.79. The Morgan fingerprint density at radius 1 is 0.593 bits per heavy atom. The van der Waals surface area contributed by atoms with Crippen LogP contribution in [0.1, 0.15) is 135 Å². The number of rotatable bonds is 11. The largest absolute Gasteiger partial charge is 0.0654 e. The van der Waals surface area contributed by atoms with E-state index >= 15 is 0 Å². The smallest absolute Gasteiger partial charge is 0.0129 e. The first-order valence-corrected chi connectivity index (χ1v) is 11.7. The topological polar surface area (TPSA) is 0 Å². The fourth-order valence-electron chi connectivity index (χ4n) is 4.21. The Kier molecular flexibility index (Phi) is 10.1. The summed E-state index contributed by atoms with van der Waals surface area (Å²) in [6.07, 6.45) is 15.4. The van der Waals surface area contributed by atoms with Crippen LogP contribution in [0.25, 0.3) is 0 Å². The summed E-state index contributed by atoms with van der Waals surface area (Å²) in [7, 11) is 0. The monoisotopic (exact) mass is 372 g/mol. The van der Waals surface area contributed by atoms with Gasteiger partial charge in [0.05, 0.1) is 0 Å². The van der Waals surface area contributed by atoms with E-state index in [1.54, 1.807) is 16.7 Å². The highest BCUT2D eigenvalue weighted by molar-refractivity contribution is 5.45. The predicted octanol–water partition coefficient (Wildman–Crippen LogP) is 9.05. The van der Waals surface area contributed by atoms with Crippen molar-refractivity contribution in [3.05, 3.63) is 34.4 Å². The van der Waals surface area contributed by atoms with Crippen LogP contribution in [0.3, 0.4) is 0 Å². The Bertz CT molecular complexity index is 501. The first kappa shape index (κ1) is 24.3. The molecule has 0 spiro atoms. The molecule has 0 saturated heterocycles. The molecule has 0 nitrogen and oxygen atoms in total. The minimum absolute atomic E-state index is 0.222. The second-order valence-corrected chi connectivity index (χ2v) is 10.8. The van der Waals surface area contributed by atoms with E-state index in [9.17, 15) is 0 Å². The van der Waals surface area contributed by atoms with Gasteiger partial charge in [0.2, 0.25) is 0 Å². The van der Waals surface area contributed by atoms with E-state index in [0.717, 1.165) is 0 Å². The number of unbranched alkanes of at least 4 members (excludes halogenated alkanes) is 9. The molecule has 0 aromatic heterocycles. The van der Waals surface area contributed by atoms with Gasteiger partial charge in [-0.05, 0) is 47.3 Å². The average Bonchev–Trinajstić information content (AvgIpc) is 2.55. The Balaban J connectivity index is 2.61. The van der Waals surface area contributed by atoms with Crippen molar-refractivity contribution in [3.63, 3.8) is 0 Å². The minimum Gasteiger partial charge on any atom is -0.0654 e. The molecule has 0 aliphatic carbocycles. The van der Waals surface area contributed by atoms with Gasteiger partial charge in [0.25, 0.3) is 0 Å². The van der Waals surface area contributed by atoms with Crippen molar-refractivity contribution >= 4 is 0 Å². The van der Waals surface area contributed by atoms with Crippen molar-refractivity contribution in [1.82, 2.24) is 0 Å². The van der Waals surface area contributed by atoms with Crippen LogP contribution in [0, 0.1) is 6.92 Å². The Morgan fingerprint density at radius 2 is 0.963 bits per heavy atom. The van der Waals surface area contributed by atoms with Gasteiger partial charge in [-0.3, -0.25) is 0 Å². The summed E-state index contributed by atoms with van der Waals surface area (Å²) < 4.78 is 0. The second-order valence-electron chi connectivity index (χ2n) is 10.8. The average molecular weight is 373 g/mol. The third-order valence-electron chi connectivity index (χ3n) is 5.79. The lowest BCUT2D eigenvalue weighted by molar-refractivity contribution is 0.537. The van der Waals surface area contributed by atoms with Crippen LogP contribution in [-0.4, -0.2) is 0 Å². The van der Waals surface area contributed by atoms with Gasteiger partial charge in [-0.2, -0.15) is 0 Å².